The average Bonchev–Trinajstić information content (AvgIpc) is 2.90. The molecule has 0 fully saturated rings. The zero-order valence-corrected chi connectivity index (χ0v) is 14.1. The highest BCUT2D eigenvalue weighted by atomic mass is 32.2. The molecule has 2 aromatic rings. The van der Waals surface area contributed by atoms with Gasteiger partial charge >= 0.3 is 5.69 Å². The lowest BCUT2D eigenvalue weighted by molar-refractivity contribution is 0.700. The van der Waals surface area contributed by atoms with Crippen molar-refractivity contribution < 1.29 is 0 Å². The molecule has 0 bridgehead atoms. The molecule has 0 aliphatic heterocycles. The third kappa shape index (κ3) is 3.24. The third-order valence-corrected chi connectivity index (χ3v) is 4.60. The summed E-state index contributed by atoms with van der Waals surface area (Å²) in [6, 6.07) is 2.12. The summed E-state index contributed by atoms with van der Waals surface area (Å²) < 4.78 is 4.26. The van der Waals surface area contributed by atoms with Crippen molar-refractivity contribution in [2.45, 2.75) is 31.0 Å². The van der Waals surface area contributed by atoms with E-state index in [-0.39, 0.29) is 5.56 Å². The van der Waals surface area contributed by atoms with Crippen molar-refractivity contribution in [2.24, 2.45) is 14.1 Å². The van der Waals surface area contributed by atoms with Gasteiger partial charge in [-0.1, -0.05) is 17.8 Å². The van der Waals surface area contributed by atoms with E-state index in [1.54, 1.807) is 17.7 Å². The van der Waals surface area contributed by atoms with Crippen LogP contribution in [0.2, 0.25) is 0 Å². The first-order valence-electron chi connectivity index (χ1n) is 7.29. The van der Waals surface area contributed by atoms with Gasteiger partial charge in [-0.05, 0) is 12.8 Å². The lowest BCUT2D eigenvalue weighted by Gasteiger charge is -2.06. The molecule has 0 spiro atoms. The number of fused-ring (bicyclic) bond motifs is 1. The maximum atomic E-state index is 12.4. The van der Waals surface area contributed by atoms with E-state index in [9.17, 15) is 9.59 Å². The number of imidazole rings is 1. The Labute approximate surface area is 137 Å². The Balaban J connectivity index is 2.47. The van der Waals surface area contributed by atoms with Gasteiger partial charge in [0, 0.05) is 32.8 Å². The van der Waals surface area contributed by atoms with Crippen LogP contribution in [0.25, 0.3) is 11.2 Å². The van der Waals surface area contributed by atoms with Gasteiger partial charge in [0.25, 0.3) is 5.56 Å². The molecule has 0 aliphatic rings. The highest BCUT2D eigenvalue weighted by molar-refractivity contribution is 7.99. The Kier molecular flexibility index (Phi) is 5.45. The van der Waals surface area contributed by atoms with Crippen LogP contribution in [0.15, 0.2) is 27.4 Å². The standard InChI is InChI=1S/C15H19N5O2S/c1-4-9-20-11-12(18(2)15(22)19(3)13(11)21)17-14(20)23-10-7-5-6-8-16/h4H,1,5-7,9-10H2,2-3H3. The van der Waals surface area contributed by atoms with Crippen molar-refractivity contribution in [3.05, 3.63) is 33.5 Å². The number of hydrogen-bond acceptors (Lipinski definition) is 5. The van der Waals surface area contributed by atoms with Crippen molar-refractivity contribution >= 4 is 22.9 Å². The van der Waals surface area contributed by atoms with Gasteiger partial charge in [0.2, 0.25) is 0 Å². The Morgan fingerprint density at radius 1 is 1.30 bits per heavy atom. The number of aryl methyl sites for hydroxylation is 1. The third-order valence-electron chi connectivity index (χ3n) is 3.54. The number of thioether (sulfide) groups is 1. The number of allylic oxidation sites excluding steroid dienone is 1. The maximum absolute atomic E-state index is 12.4. The lowest BCUT2D eigenvalue weighted by atomic mass is 10.3. The smallest absolute Gasteiger partial charge is 0.309 e. The molecule has 2 rings (SSSR count). The minimum atomic E-state index is -0.392. The van der Waals surface area contributed by atoms with Crippen molar-refractivity contribution in [1.82, 2.24) is 18.7 Å². The summed E-state index contributed by atoms with van der Waals surface area (Å²) in [4.78, 5) is 28.9. The van der Waals surface area contributed by atoms with Crippen LogP contribution in [0.3, 0.4) is 0 Å². The summed E-state index contributed by atoms with van der Waals surface area (Å²) in [7, 11) is 3.07. The number of nitrogens with zero attached hydrogens (tertiary/aromatic N) is 5. The van der Waals surface area contributed by atoms with Gasteiger partial charge in [0.05, 0.1) is 6.07 Å². The molecule has 0 amide bonds. The molecule has 8 heteroatoms. The molecule has 0 atom stereocenters. The molecular formula is C15H19N5O2S. The molecular weight excluding hydrogens is 314 g/mol. The number of aromatic nitrogens is 4. The monoisotopic (exact) mass is 333 g/mol. The van der Waals surface area contributed by atoms with E-state index >= 15 is 0 Å². The van der Waals surface area contributed by atoms with Crippen LogP contribution >= 0.6 is 11.8 Å². The lowest BCUT2D eigenvalue weighted by Crippen LogP contribution is -2.37. The second kappa shape index (κ2) is 7.33. The van der Waals surface area contributed by atoms with E-state index in [1.165, 1.54) is 23.4 Å². The Morgan fingerprint density at radius 3 is 2.70 bits per heavy atom. The number of hydrogen-bond donors (Lipinski definition) is 0. The maximum Gasteiger partial charge on any atom is 0.332 e. The first-order chi connectivity index (χ1) is 11.0. The van der Waals surface area contributed by atoms with E-state index in [4.69, 9.17) is 5.26 Å². The highest BCUT2D eigenvalue weighted by Gasteiger charge is 2.18. The molecule has 0 N–H and O–H groups in total. The largest absolute Gasteiger partial charge is 0.332 e. The minimum Gasteiger partial charge on any atom is -0.309 e. The molecule has 2 aromatic heterocycles. The molecule has 0 saturated carbocycles. The van der Waals surface area contributed by atoms with Gasteiger partial charge in [-0.2, -0.15) is 5.26 Å². The van der Waals surface area contributed by atoms with Crippen molar-refractivity contribution in [1.29, 1.82) is 5.26 Å². The number of nitriles is 1. The zero-order valence-electron chi connectivity index (χ0n) is 13.3. The molecule has 7 nitrogen and oxygen atoms in total. The summed E-state index contributed by atoms with van der Waals surface area (Å²) in [5, 5.41) is 9.24. The van der Waals surface area contributed by atoms with Crippen LogP contribution in [0.4, 0.5) is 0 Å². The highest BCUT2D eigenvalue weighted by Crippen LogP contribution is 2.22. The van der Waals surface area contributed by atoms with E-state index in [1.807, 2.05) is 0 Å². The fourth-order valence-electron chi connectivity index (χ4n) is 2.30. The van der Waals surface area contributed by atoms with Crippen molar-refractivity contribution in [3.8, 4) is 6.07 Å². The van der Waals surface area contributed by atoms with Crippen molar-refractivity contribution in [3.63, 3.8) is 0 Å². The van der Waals surface area contributed by atoms with E-state index in [0.717, 1.165) is 23.2 Å². The SMILES string of the molecule is C=CCn1c(SCCCCC#N)nc2c1c(=O)n(C)c(=O)n2C. The fourth-order valence-corrected chi connectivity index (χ4v) is 3.31. The van der Waals surface area contributed by atoms with Crippen LogP contribution in [0, 0.1) is 11.3 Å². The van der Waals surface area contributed by atoms with Gasteiger partial charge in [-0.25, -0.2) is 9.78 Å². The van der Waals surface area contributed by atoms with Gasteiger partial charge in [-0.15, -0.1) is 6.58 Å². The first kappa shape index (κ1) is 17.1. The van der Waals surface area contributed by atoms with Gasteiger partial charge in [0.15, 0.2) is 16.3 Å². The predicted octanol–water partition coefficient (Wildman–Crippen LogP) is 1.41. The molecule has 2 heterocycles. The van der Waals surface area contributed by atoms with E-state index in [2.05, 4.69) is 17.6 Å². The Bertz CT molecular complexity index is 884. The number of rotatable bonds is 7. The first-order valence-corrected chi connectivity index (χ1v) is 8.28. The van der Waals surface area contributed by atoms with Crippen LogP contribution in [-0.2, 0) is 20.6 Å². The summed E-state index contributed by atoms with van der Waals surface area (Å²) in [5.41, 5.74) is 0.0543. The fraction of sp³-hybridized carbons (Fsp3) is 0.467. The second-order valence-corrected chi connectivity index (χ2v) is 6.20. The quantitative estimate of drug-likeness (QED) is 0.434. The van der Waals surface area contributed by atoms with E-state index in [0.29, 0.717) is 29.3 Å². The summed E-state index contributed by atoms with van der Waals surface area (Å²) in [6.45, 7) is 4.17. The van der Waals surface area contributed by atoms with Gasteiger partial charge < -0.3 is 4.57 Å². The molecule has 122 valence electrons. The van der Waals surface area contributed by atoms with Gasteiger partial charge in [-0.3, -0.25) is 13.9 Å². The van der Waals surface area contributed by atoms with Gasteiger partial charge in [0.1, 0.15) is 0 Å². The molecule has 0 aromatic carbocycles. The van der Waals surface area contributed by atoms with Crippen molar-refractivity contribution in [2.75, 3.05) is 5.75 Å². The molecule has 0 saturated heterocycles. The van der Waals surface area contributed by atoms with Crippen LogP contribution in [-0.4, -0.2) is 24.4 Å². The molecule has 23 heavy (non-hydrogen) atoms. The second-order valence-electron chi connectivity index (χ2n) is 5.14. The average molecular weight is 333 g/mol. The number of unbranched alkanes of at least 4 members (excludes halogenated alkanes) is 2. The summed E-state index contributed by atoms with van der Waals surface area (Å²) in [6.07, 6.45) is 3.97. The summed E-state index contributed by atoms with van der Waals surface area (Å²) in [5.74, 6) is 0.802. The minimum absolute atomic E-state index is 0.353. The molecule has 0 radical (unpaired) electrons. The predicted molar refractivity (Wildman–Crippen MR) is 90.6 cm³/mol. The van der Waals surface area contributed by atoms with Crippen LogP contribution < -0.4 is 11.2 Å². The Morgan fingerprint density at radius 2 is 2.04 bits per heavy atom. The molecule has 0 unspecified atom stereocenters. The normalized spacial score (nSPS) is 10.8. The van der Waals surface area contributed by atoms with Crippen LogP contribution in [0.1, 0.15) is 19.3 Å². The zero-order chi connectivity index (χ0) is 17.0. The van der Waals surface area contributed by atoms with E-state index < -0.39 is 5.69 Å². The molecule has 0 aliphatic carbocycles. The van der Waals surface area contributed by atoms with Crippen LogP contribution in [0.5, 0.6) is 0 Å². The summed E-state index contributed by atoms with van der Waals surface area (Å²) >= 11 is 1.52. The Hall–Kier alpha value is -2.27. The topological polar surface area (TPSA) is 85.6 Å².